The maximum absolute atomic E-state index is 13.2. The van der Waals surface area contributed by atoms with Gasteiger partial charge in [-0.2, -0.15) is 0 Å². The highest BCUT2D eigenvalue weighted by Gasteiger charge is 2.31. The van der Waals surface area contributed by atoms with Crippen molar-refractivity contribution in [3.63, 3.8) is 0 Å². The zero-order valence-corrected chi connectivity index (χ0v) is 17.5. The van der Waals surface area contributed by atoms with Crippen molar-refractivity contribution in [2.75, 3.05) is 30.9 Å². The summed E-state index contributed by atoms with van der Waals surface area (Å²) in [6.07, 6.45) is 4.00. The number of nitrogens with zero attached hydrogens (tertiary/aromatic N) is 1. The van der Waals surface area contributed by atoms with Crippen molar-refractivity contribution in [3.8, 4) is 11.5 Å². The average molecular weight is 430 g/mol. The van der Waals surface area contributed by atoms with Gasteiger partial charge in [-0.3, -0.25) is 4.79 Å². The van der Waals surface area contributed by atoms with E-state index >= 15 is 0 Å². The lowest BCUT2D eigenvalue weighted by Crippen LogP contribution is -2.45. The number of hydrogen-bond acceptors (Lipinski definition) is 4. The van der Waals surface area contributed by atoms with Gasteiger partial charge in [0.1, 0.15) is 11.5 Å². The number of benzene rings is 2. The molecule has 0 bridgehead atoms. The highest BCUT2D eigenvalue weighted by molar-refractivity contribution is 6.31. The van der Waals surface area contributed by atoms with Crippen molar-refractivity contribution in [3.05, 3.63) is 47.0 Å². The molecule has 0 spiro atoms. The van der Waals surface area contributed by atoms with Crippen molar-refractivity contribution in [2.24, 2.45) is 0 Å². The van der Waals surface area contributed by atoms with Crippen LogP contribution < -0.4 is 20.1 Å². The Morgan fingerprint density at radius 3 is 2.87 bits per heavy atom. The van der Waals surface area contributed by atoms with E-state index in [0.717, 1.165) is 32.2 Å². The number of fused-ring (bicyclic) bond motifs is 2. The number of ether oxygens (including phenoxy) is 2. The molecule has 1 fully saturated rings. The molecule has 1 atom stereocenters. The van der Waals surface area contributed by atoms with Crippen LogP contribution in [0.5, 0.6) is 11.5 Å². The van der Waals surface area contributed by atoms with Crippen LogP contribution in [0, 0.1) is 0 Å². The van der Waals surface area contributed by atoms with Gasteiger partial charge in [-0.05, 0) is 55.7 Å². The minimum absolute atomic E-state index is 0.0463. The van der Waals surface area contributed by atoms with E-state index in [0.29, 0.717) is 40.1 Å². The lowest BCUT2D eigenvalue weighted by molar-refractivity contribution is 0.0548. The molecule has 8 heteroatoms. The summed E-state index contributed by atoms with van der Waals surface area (Å²) in [5.74, 6) is 0.994. The third-order valence-corrected chi connectivity index (χ3v) is 5.71. The minimum Gasteiger partial charge on any atom is -0.495 e. The van der Waals surface area contributed by atoms with Crippen LogP contribution in [0.25, 0.3) is 0 Å². The van der Waals surface area contributed by atoms with Crippen LogP contribution in [-0.4, -0.2) is 43.1 Å². The summed E-state index contributed by atoms with van der Waals surface area (Å²) in [7, 11) is 1.51. The Balaban J connectivity index is 1.53. The highest BCUT2D eigenvalue weighted by atomic mass is 35.5. The zero-order valence-electron chi connectivity index (χ0n) is 16.7. The van der Waals surface area contributed by atoms with E-state index in [1.807, 2.05) is 4.90 Å². The van der Waals surface area contributed by atoms with Gasteiger partial charge in [-0.15, -0.1) is 0 Å². The fraction of sp³-hybridized carbons (Fsp3) is 0.364. The van der Waals surface area contributed by atoms with E-state index in [1.165, 1.54) is 7.11 Å². The number of halogens is 1. The Labute approximate surface area is 180 Å². The van der Waals surface area contributed by atoms with E-state index in [9.17, 15) is 9.59 Å². The smallest absolute Gasteiger partial charge is 0.323 e. The molecule has 7 nitrogen and oxygen atoms in total. The third-order valence-electron chi connectivity index (χ3n) is 5.47. The molecule has 4 rings (SSSR count). The number of rotatable bonds is 3. The minimum atomic E-state index is -0.467. The number of urea groups is 1. The van der Waals surface area contributed by atoms with Gasteiger partial charge in [0.15, 0.2) is 0 Å². The fourth-order valence-electron chi connectivity index (χ4n) is 3.99. The predicted octanol–water partition coefficient (Wildman–Crippen LogP) is 4.77. The van der Waals surface area contributed by atoms with Gasteiger partial charge in [0, 0.05) is 29.7 Å². The molecule has 2 aliphatic heterocycles. The predicted molar refractivity (Wildman–Crippen MR) is 116 cm³/mol. The summed E-state index contributed by atoms with van der Waals surface area (Å²) < 4.78 is 11.1. The first-order valence-corrected chi connectivity index (χ1v) is 10.4. The molecule has 0 aliphatic carbocycles. The molecule has 158 valence electrons. The van der Waals surface area contributed by atoms with Crippen LogP contribution in [-0.2, 0) is 0 Å². The Bertz CT molecular complexity index is 965. The van der Waals surface area contributed by atoms with Crippen molar-refractivity contribution in [1.29, 1.82) is 0 Å². The molecular formula is C22H24ClN3O4. The first-order chi connectivity index (χ1) is 14.5. The molecule has 30 heavy (non-hydrogen) atoms. The van der Waals surface area contributed by atoms with E-state index in [4.69, 9.17) is 21.1 Å². The maximum Gasteiger partial charge on any atom is 0.323 e. The Morgan fingerprint density at radius 2 is 2.03 bits per heavy atom. The van der Waals surface area contributed by atoms with Crippen molar-refractivity contribution in [2.45, 2.75) is 31.7 Å². The number of methoxy groups -OCH3 is 1. The number of piperidine rings is 1. The molecule has 2 N–H and O–H groups in total. The first kappa shape index (κ1) is 20.3. The van der Waals surface area contributed by atoms with Gasteiger partial charge in [0.05, 0.1) is 25.0 Å². The van der Waals surface area contributed by atoms with Crippen LogP contribution in [0.2, 0.25) is 5.02 Å². The molecule has 2 aliphatic rings. The molecule has 2 heterocycles. The molecule has 2 aromatic rings. The monoisotopic (exact) mass is 429 g/mol. The summed E-state index contributed by atoms with van der Waals surface area (Å²) in [5, 5.41) is 5.97. The van der Waals surface area contributed by atoms with Gasteiger partial charge in [0.2, 0.25) is 0 Å². The Hall–Kier alpha value is -2.93. The number of anilines is 2. The second-order valence-electron chi connectivity index (χ2n) is 7.42. The first-order valence-electron chi connectivity index (χ1n) is 10.0. The second-order valence-corrected chi connectivity index (χ2v) is 7.86. The fourth-order valence-corrected chi connectivity index (χ4v) is 4.16. The number of amides is 3. The van der Waals surface area contributed by atoms with E-state index < -0.39 is 6.03 Å². The molecule has 0 unspecified atom stereocenters. The third kappa shape index (κ3) is 4.31. The number of hydrogen-bond donors (Lipinski definition) is 2. The summed E-state index contributed by atoms with van der Waals surface area (Å²) >= 11 is 6.01. The Morgan fingerprint density at radius 1 is 1.17 bits per heavy atom. The molecule has 1 saturated heterocycles. The lowest BCUT2D eigenvalue weighted by atomic mass is 9.97. The van der Waals surface area contributed by atoms with Crippen LogP contribution >= 0.6 is 11.6 Å². The van der Waals surface area contributed by atoms with Crippen molar-refractivity contribution in [1.82, 2.24) is 4.90 Å². The summed E-state index contributed by atoms with van der Waals surface area (Å²) in [6, 6.07) is 9.83. The summed E-state index contributed by atoms with van der Waals surface area (Å²) in [5.41, 5.74) is 1.42. The topological polar surface area (TPSA) is 79.9 Å². The van der Waals surface area contributed by atoms with Gasteiger partial charge >= 0.3 is 6.03 Å². The van der Waals surface area contributed by atoms with Gasteiger partial charge in [-0.25, -0.2) is 4.79 Å². The van der Waals surface area contributed by atoms with Gasteiger partial charge in [-0.1, -0.05) is 11.6 Å². The molecule has 0 radical (unpaired) electrons. The number of nitrogens with one attached hydrogen (secondary N) is 2. The van der Waals surface area contributed by atoms with Crippen molar-refractivity contribution < 1.29 is 19.1 Å². The standard InChI is InChI=1S/C22H24ClN3O4/c1-29-20-7-5-14(23)12-18(20)25-22(28)24-15-6-8-19-17(13-15)21(27)26-10-3-2-4-16(26)9-11-30-19/h5-8,12-13,16H,2-4,9-11H2,1H3,(H2,24,25,28)/t16-/m0/s1. The molecular weight excluding hydrogens is 406 g/mol. The lowest BCUT2D eigenvalue weighted by Gasteiger charge is -2.37. The van der Waals surface area contributed by atoms with Gasteiger partial charge in [0.25, 0.3) is 5.91 Å². The summed E-state index contributed by atoms with van der Waals surface area (Å²) in [6.45, 7) is 1.33. The van der Waals surface area contributed by atoms with Gasteiger partial charge < -0.3 is 25.0 Å². The zero-order chi connectivity index (χ0) is 21.1. The normalized spacial score (nSPS) is 18.3. The average Bonchev–Trinajstić information content (AvgIpc) is 2.73. The quantitative estimate of drug-likeness (QED) is 0.736. The largest absolute Gasteiger partial charge is 0.495 e. The van der Waals surface area contributed by atoms with E-state index in [-0.39, 0.29) is 11.9 Å². The SMILES string of the molecule is COc1ccc(Cl)cc1NC(=O)Nc1ccc2c(c1)C(=O)N1CCCC[C@H]1CCO2. The number of carbonyl (C=O) groups excluding carboxylic acids is 2. The van der Waals surface area contributed by atoms with Crippen LogP contribution in [0.1, 0.15) is 36.0 Å². The summed E-state index contributed by atoms with van der Waals surface area (Å²) in [4.78, 5) is 27.6. The van der Waals surface area contributed by atoms with Crippen LogP contribution in [0.15, 0.2) is 36.4 Å². The van der Waals surface area contributed by atoms with Crippen LogP contribution in [0.3, 0.4) is 0 Å². The molecule has 3 amide bonds. The highest BCUT2D eigenvalue weighted by Crippen LogP contribution is 2.31. The molecule has 0 aromatic heterocycles. The van der Waals surface area contributed by atoms with E-state index in [2.05, 4.69) is 10.6 Å². The molecule has 0 saturated carbocycles. The molecule has 2 aromatic carbocycles. The van der Waals surface area contributed by atoms with Crippen LogP contribution in [0.4, 0.5) is 16.2 Å². The second kappa shape index (κ2) is 8.83. The van der Waals surface area contributed by atoms with E-state index in [1.54, 1.807) is 36.4 Å². The maximum atomic E-state index is 13.2. The van der Waals surface area contributed by atoms with Crippen molar-refractivity contribution >= 4 is 34.9 Å². The number of carbonyl (C=O) groups is 2. The Kier molecular flexibility index (Phi) is 5.99.